The highest BCUT2D eigenvalue weighted by molar-refractivity contribution is 5.83. The van der Waals surface area contributed by atoms with Crippen LogP contribution in [-0.2, 0) is 11.2 Å². The number of nitrogens with one attached hydrogen (secondary N) is 2. The molecule has 0 saturated heterocycles. The second kappa shape index (κ2) is 7.98. The van der Waals surface area contributed by atoms with Gasteiger partial charge in [-0.05, 0) is 18.1 Å². The summed E-state index contributed by atoms with van der Waals surface area (Å²) in [7, 11) is 0. The van der Waals surface area contributed by atoms with Crippen LogP contribution in [0.4, 0.5) is 4.79 Å². The van der Waals surface area contributed by atoms with Crippen molar-refractivity contribution in [3.05, 3.63) is 71.8 Å². The fraction of sp³-hybridized carbons (Fsp3) is 0.222. The third-order valence-corrected chi connectivity index (χ3v) is 3.53. The lowest BCUT2D eigenvalue weighted by atomic mass is 10.1. The molecule has 0 aliphatic carbocycles. The highest BCUT2D eigenvalue weighted by Crippen LogP contribution is 2.11. The lowest BCUT2D eigenvalue weighted by molar-refractivity contribution is -0.139. The topological polar surface area (TPSA) is 78.4 Å². The number of carbonyl (C=O) groups is 2. The van der Waals surface area contributed by atoms with Crippen LogP contribution in [0.15, 0.2) is 60.7 Å². The van der Waals surface area contributed by atoms with Gasteiger partial charge in [0.05, 0.1) is 6.04 Å². The van der Waals surface area contributed by atoms with Crippen molar-refractivity contribution in [3.63, 3.8) is 0 Å². The van der Waals surface area contributed by atoms with E-state index in [1.807, 2.05) is 67.6 Å². The van der Waals surface area contributed by atoms with E-state index in [1.54, 1.807) is 0 Å². The maximum absolute atomic E-state index is 12.0. The molecule has 0 spiro atoms. The van der Waals surface area contributed by atoms with Crippen LogP contribution < -0.4 is 10.6 Å². The zero-order valence-electron chi connectivity index (χ0n) is 12.9. The van der Waals surface area contributed by atoms with Crippen molar-refractivity contribution in [2.24, 2.45) is 0 Å². The van der Waals surface area contributed by atoms with Crippen LogP contribution in [0.1, 0.15) is 24.1 Å². The van der Waals surface area contributed by atoms with Gasteiger partial charge in [0.2, 0.25) is 0 Å². The van der Waals surface area contributed by atoms with Gasteiger partial charge in [-0.15, -0.1) is 0 Å². The highest BCUT2D eigenvalue weighted by atomic mass is 16.4. The minimum absolute atomic E-state index is 0.206. The molecule has 0 aliphatic rings. The fourth-order valence-corrected chi connectivity index (χ4v) is 2.27. The van der Waals surface area contributed by atoms with Gasteiger partial charge in [-0.25, -0.2) is 9.59 Å². The SMILES string of the molecule is CC(NC(=O)NC(Cc1ccccc1)C(=O)O)c1ccccc1. The van der Waals surface area contributed by atoms with Crippen LogP contribution in [-0.4, -0.2) is 23.1 Å². The van der Waals surface area contributed by atoms with E-state index in [1.165, 1.54) is 0 Å². The lowest BCUT2D eigenvalue weighted by Crippen LogP contribution is -2.47. The zero-order valence-corrected chi connectivity index (χ0v) is 12.9. The molecule has 2 aromatic carbocycles. The number of rotatable bonds is 6. The Hall–Kier alpha value is -2.82. The van der Waals surface area contributed by atoms with Crippen molar-refractivity contribution >= 4 is 12.0 Å². The number of benzene rings is 2. The molecule has 23 heavy (non-hydrogen) atoms. The molecule has 2 rings (SSSR count). The molecule has 0 aromatic heterocycles. The molecule has 2 atom stereocenters. The zero-order chi connectivity index (χ0) is 16.7. The summed E-state index contributed by atoms with van der Waals surface area (Å²) in [5, 5.41) is 14.6. The summed E-state index contributed by atoms with van der Waals surface area (Å²) >= 11 is 0. The molecule has 5 heteroatoms. The first-order valence-corrected chi connectivity index (χ1v) is 7.45. The minimum atomic E-state index is -1.06. The molecule has 0 aliphatic heterocycles. The summed E-state index contributed by atoms with van der Waals surface area (Å²) in [6.07, 6.45) is 0.239. The molecule has 0 saturated carbocycles. The molecule has 0 heterocycles. The Morgan fingerprint density at radius 1 is 0.957 bits per heavy atom. The van der Waals surface area contributed by atoms with Gasteiger partial charge in [0, 0.05) is 6.42 Å². The van der Waals surface area contributed by atoms with Gasteiger partial charge < -0.3 is 15.7 Å². The smallest absolute Gasteiger partial charge is 0.326 e. The van der Waals surface area contributed by atoms with Gasteiger partial charge in [-0.1, -0.05) is 60.7 Å². The summed E-state index contributed by atoms with van der Waals surface area (Å²) in [6.45, 7) is 1.85. The third-order valence-electron chi connectivity index (χ3n) is 3.53. The summed E-state index contributed by atoms with van der Waals surface area (Å²) in [6, 6.07) is 17.0. The second-order valence-corrected chi connectivity index (χ2v) is 5.33. The van der Waals surface area contributed by atoms with Crippen LogP contribution in [0, 0.1) is 0 Å². The maximum atomic E-state index is 12.0. The van der Waals surface area contributed by atoms with Crippen LogP contribution in [0.2, 0.25) is 0 Å². The monoisotopic (exact) mass is 312 g/mol. The number of hydrogen-bond donors (Lipinski definition) is 3. The standard InChI is InChI=1S/C18H20N2O3/c1-13(15-10-6-3-7-11-15)19-18(23)20-16(17(21)22)12-14-8-4-2-5-9-14/h2-11,13,16H,12H2,1H3,(H,21,22)(H2,19,20,23). The third kappa shape index (κ3) is 5.14. The minimum Gasteiger partial charge on any atom is -0.480 e. The highest BCUT2D eigenvalue weighted by Gasteiger charge is 2.21. The molecule has 0 radical (unpaired) electrons. The van der Waals surface area contributed by atoms with E-state index in [4.69, 9.17) is 0 Å². The molecule has 2 aromatic rings. The summed E-state index contributed by atoms with van der Waals surface area (Å²) in [5.74, 6) is -1.06. The van der Waals surface area contributed by atoms with E-state index in [2.05, 4.69) is 10.6 Å². The van der Waals surface area contributed by atoms with Gasteiger partial charge in [0.15, 0.2) is 0 Å². The van der Waals surface area contributed by atoms with Gasteiger partial charge in [0.25, 0.3) is 0 Å². The van der Waals surface area contributed by atoms with E-state index in [-0.39, 0.29) is 12.5 Å². The number of carboxylic acid groups (broad SMARTS) is 1. The first-order valence-electron chi connectivity index (χ1n) is 7.45. The van der Waals surface area contributed by atoms with Gasteiger partial charge >= 0.3 is 12.0 Å². The van der Waals surface area contributed by atoms with Gasteiger partial charge in [-0.2, -0.15) is 0 Å². The number of aliphatic carboxylic acids is 1. The average Bonchev–Trinajstić information content (AvgIpc) is 2.56. The molecule has 0 fully saturated rings. The van der Waals surface area contributed by atoms with E-state index in [0.717, 1.165) is 11.1 Å². The summed E-state index contributed by atoms with van der Waals surface area (Å²) in [4.78, 5) is 23.4. The largest absolute Gasteiger partial charge is 0.480 e. The van der Waals surface area contributed by atoms with E-state index in [9.17, 15) is 14.7 Å². The average molecular weight is 312 g/mol. The molecule has 120 valence electrons. The van der Waals surface area contributed by atoms with Crippen molar-refractivity contribution < 1.29 is 14.7 Å². The number of carbonyl (C=O) groups excluding carboxylic acids is 1. The number of urea groups is 1. The van der Waals surface area contributed by atoms with Crippen molar-refractivity contribution in [1.29, 1.82) is 0 Å². The molecular weight excluding hydrogens is 292 g/mol. The van der Waals surface area contributed by atoms with Crippen LogP contribution in [0.5, 0.6) is 0 Å². The Labute approximate surface area is 135 Å². The van der Waals surface area contributed by atoms with Gasteiger partial charge in [-0.3, -0.25) is 0 Å². The Kier molecular flexibility index (Phi) is 5.74. The quantitative estimate of drug-likeness (QED) is 0.767. The molecule has 0 bridgehead atoms. The first-order chi connectivity index (χ1) is 11.1. The molecule has 5 nitrogen and oxygen atoms in total. The molecule has 3 N–H and O–H groups in total. The Morgan fingerprint density at radius 2 is 1.52 bits per heavy atom. The predicted octanol–water partition coefficient (Wildman–Crippen LogP) is 2.74. The Bertz CT molecular complexity index is 644. The predicted molar refractivity (Wildman–Crippen MR) is 88.1 cm³/mol. The summed E-state index contributed by atoms with van der Waals surface area (Å²) < 4.78 is 0. The molecule has 2 unspecified atom stereocenters. The van der Waals surface area contributed by atoms with Crippen molar-refractivity contribution in [2.75, 3.05) is 0 Å². The number of amides is 2. The van der Waals surface area contributed by atoms with Crippen molar-refractivity contribution in [3.8, 4) is 0 Å². The Morgan fingerprint density at radius 3 is 2.09 bits per heavy atom. The first kappa shape index (κ1) is 16.5. The number of carboxylic acids is 1. The van der Waals surface area contributed by atoms with Crippen molar-refractivity contribution in [1.82, 2.24) is 10.6 Å². The van der Waals surface area contributed by atoms with Crippen LogP contribution in [0.3, 0.4) is 0 Å². The lowest BCUT2D eigenvalue weighted by Gasteiger charge is -2.18. The molecular formula is C18H20N2O3. The number of hydrogen-bond acceptors (Lipinski definition) is 2. The normalized spacial score (nSPS) is 12.9. The fourth-order valence-electron chi connectivity index (χ4n) is 2.27. The van der Waals surface area contributed by atoms with Crippen molar-refractivity contribution in [2.45, 2.75) is 25.4 Å². The maximum Gasteiger partial charge on any atom is 0.326 e. The summed E-state index contributed by atoms with van der Waals surface area (Å²) in [5.41, 5.74) is 1.81. The second-order valence-electron chi connectivity index (χ2n) is 5.33. The van der Waals surface area contributed by atoms with E-state index >= 15 is 0 Å². The van der Waals surface area contributed by atoms with Gasteiger partial charge in [0.1, 0.15) is 6.04 Å². The Balaban J connectivity index is 1.94. The molecule has 2 amide bonds. The van der Waals surface area contributed by atoms with E-state index in [0.29, 0.717) is 0 Å². The van der Waals surface area contributed by atoms with Crippen LogP contribution >= 0.6 is 0 Å². The van der Waals surface area contributed by atoms with Crippen LogP contribution in [0.25, 0.3) is 0 Å². The van der Waals surface area contributed by atoms with E-state index < -0.39 is 18.0 Å².